The molecule has 138 valence electrons. The van der Waals surface area contributed by atoms with Crippen molar-refractivity contribution in [2.45, 2.75) is 40.5 Å². The standard InChI is InChI=1S/C20H31N3O2/c1-14-16(9-6-10-17(14)22-19(25)20(2,3)4)18(24)21-12-15-8-7-11-23(5)13-15/h6,9-10,15H,7-8,11-13H2,1-5H3,(H,21,24)(H,22,25). The number of amides is 2. The first-order chi connectivity index (χ1) is 11.7. The van der Waals surface area contributed by atoms with Gasteiger partial charge in [-0.25, -0.2) is 0 Å². The molecule has 1 aliphatic rings. The first-order valence-electron chi connectivity index (χ1n) is 9.06. The lowest BCUT2D eigenvalue weighted by Crippen LogP contribution is -2.39. The molecule has 0 saturated carbocycles. The fraction of sp³-hybridized carbons (Fsp3) is 0.600. The zero-order chi connectivity index (χ0) is 18.6. The SMILES string of the molecule is Cc1c(NC(=O)C(C)(C)C)cccc1C(=O)NCC1CCCN(C)C1. The predicted octanol–water partition coefficient (Wildman–Crippen LogP) is 3.05. The molecule has 1 aliphatic heterocycles. The van der Waals surface area contributed by atoms with Crippen LogP contribution in [0.5, 0.6) is 0 Å². The summed E-state index contributed by atoms with van der Waals surface area (Å²) in [6.45, 7) is 10.4. The molecule has 1 atom stereocenters. The van der Waals surface area contributed by atoms with Gasteiger partial charge in [0.05, 0.1) is 0 Å². The van der Waals surface area contributed by atoms with Gasteiger partial charge in [-0.15, -0.1) is 0 Å². The van der Waals surface area contributed by atoms with Gasteiger partial charge in [-0.2, -0.15) is 0 Å². The van der Waals surface area contributed by atoms with Crippen molar-refractivity contribution in [1.29, 1.82) is 0 Å². The molecule has 0 radical (unpaired) electrons. The highest BCUT2D eigenvalue weighted by Crippen LogP contribution is 2.23. The summed E-state index contributed by atoms with van der Waals surface area (Å²) in [5.74, 6) is 0.378. The summed E-state index contributed by atoms with van der Waals surface area (Å²) in [7, 11) is 2.12. The van der Waals surface area contributed by atoms with Gasteiger partial charge in [0.2, 0.25) is 5.91 Å². The lowest BCUT2D eigenvalue weighted by Gasteiger charge is -2.29. The maximum atomic E-state index is 12.6. The van der Waals surface area contributed by atoms with E-state index >= 15 is 0 Å². The minimum Gasteiger partial charge on any atom is -0.352 e. The summed E-state index contributed by atoms with van der Waals surface area (Å²) in [4.78, 5) is 27.1. The van der Waals surface area contributed by atoms with Crippen molar-refractivity contribution in [1.82, 2.24) is 10.2 Å². The summed E-state index contributed by atoms with van der Waals surface area (Å²) < 4.78 is 0. The monoisotopic (exact) mass is 345 g/mol. The summed E-state index contributed by atoms with van der Waals surface area (Å²) >= 11 is 0. The number of hydrogen-bond donors (Lipinski definition) is 2. The van der Waals surface area contributed by atoms with E-state index in [1.165, 1.54) is 6.42 Å². The van der Waals surface area contributed by atoms with Crippen molar-refractivity contribution in [2.24, 2.45) is 11.3 Å². The van der Waals surface area contributed by atoms with Crippen LogP contribution < -0.4 is 10.6 Å². The first kappa shape index (κ1) is 19.4. The average molecular weight is 345 g/mol. The van der Waals surface area contributed by atoms with Crippen molar-refractivity contribution < 1.29 is 9.59 Å². The van der Waals surface area contributed by atoms with Crippen molar-refractivity contribution in [3.63, 3.8) is 0 Å². The van der Waals surface area contributed by atoms with E-state index in [0.29, 0.717) is 23.7 Å². The molecule has 1 unspecified atom stereocenters. The molecule has 0 aromatic heterocycles. The first-order valence-corrected chi connectivity index (χ1v) is 9.06. The molecule has 1 aromatic carbocycles. The van der Waals surface area contributed by atoms with Gasteiger partial charge in [-0.3, -0.25) is 9.59 Å². The van der Waals surface area contributed by atoms with Crippen molar-refractivity contribution in [2.75, 3.05) is 32.0 Å². The molecule has 1 fully saturated rings. The number of nitrogens with one attached hydrogen (secondary N) is 2. The van der Waals surface area contributed by atoms with E-state index in [2.05, 4.69) is 22.6 Å². The van der Waals surface area contributed by atoms with Crippen LogP contribution in [0.3, 0.4) is 0 Å². The van der Waals surface area contributed by atoms with Crippen LogP contribution in [0.4, 0.5) is 5.69 Å². The number of benzene rings is 1. The minimum atomic E-state index is -0.474. The van der Waals surface area contributed by atoms with E-state index in [-0.39, 0.29) is 11.8 Å². The second-order valence-electron chi connectivity index (χ2n) is 8.16. The molecule has 0 spiro atoms. The zero-order valence-corrected chi connectivity index (χ0v) is 16.1. The van der Waals surface area contributed by atoms with E-state index in [9.17, 15) is 9.59 Å². The van der Waals surface area contributed by atoms with Crippen molar-refractivity contribution in [3.8, 4) is 0 Å². The van der Waals surface area contributed by atoms with Gasteiger partial charge in [0.25, 0.3) is 5.91 Å². The lowest BCUT2D eigenvalue weighted by atomic mass is 9.95. The third kappa shape index (κ3) is 5.30. The maximum absolute atomic E-state index is 12.6. The van der Waals surface area contributed by atoms with Crippen LogP contribution in [0.2, 0.25) is 0 Å². The van der Waals surface area contributed by atoms with Crippen LogP contribution in [0.25, 0.3) is 0 Å². The van der Waals surface area contributed by atoms with Gasteiger partial charge in [-0.05, 0) is 57.0 Å². The summed E-state index contributed by atoms with van der Waals surface area (Å²) in [5.41, 5.74) is 1.65. The molecule has 2 rings (SSSR count). The number of anilines is 1. The van der Waals surface area contributed by atoms with Gasteiger partial charge >= 0.3 is 0 Å². The Morgan fingerprint density at radius 1 is 1.28 bits per heavy atom. The van der Waals surface area contributed by atoms with Gasteiger partial charge in [0, 0.05) is 29.8 Å². The van der Waals surface area contributed by atoms with Gasteiger partial charge in [-0.1, -0.05) is 26.8 Å². The molecule has 0 aliphatic carbocycles. The predicted molar refractivity (Wildman–Crippen MR) is 102 cm³/mol. The Morgan fingerprint density at radius 2 is 2.00 bits per heavy atom. The molecule has 1 aromatic rings. The molecular formula is C20H31N3O2. The molecular weight excluding hydrogens is 314 g/mol. The fourth-order valence-corrected chi connectivity index (χ4v) is 3.10. The highest BCUT2D eigenvalue weighted by Gasteiger charge is 2.23. The second-order valence-corrected chi connectivity index (χ2v) is 8.16. The highest BCUT2D eigenvalue weighted by molar-refractivity contribution is 6.00. The molecule has 1 saturated heterocycles. The topological polar surface area (TPSA) is 61.4 Å². The van der Waals surface area contributed by atoms with Gasteiger partial charge < -0.3 is 15.5 Å². The van der Waals surface area contributed by atoms with Crippen LogP contribution in [0, 0.1) is 18.3 Å². The molecule has 5 heteroatoms. The van der Waals surface area contributed by atoms with Crippen LogP contribution >= 0.6 is 0 Å². The van der Waals surface area contributed by atoms with Gasteiger partial charge in [0.15, 0.2) is 0 Å². The van der Waals surface area contributed by atoms with E-state index < -0.39 is 5.41 Å². The maximum Gasteiger partial charge on any atom is 0.251 e. The minimum absolute atomic E-state index is 0.0570. The molecule has 0 bridgehead atoms. The van der Waals surface area contributed by atoms with Crippen LogP contribution in [-0.2, 0) is 4.79 Å². The van der Waals surface area contributed by atoms with Crippen LogP contribution in [0.15, 0.2) is 18.2 Å². The second kappa shape index (κ2) is 8.00. The average Bonchev–Trinajstić information content (AvgIpc) is 2.53. The summed E-state index contributed by atoms with van der Waals surface area (Å²) in [6, 6.07) is 5.46. The Hall–Kier alpha value is -1.88. The lowest BCUT2D eigenvalue weighted by molar-refractivity contribution is -0.123. The Labute approximate surface area is 151 Å². The number of likely N-dealkylation sites (tertiary alicyclic amines) is 1. The number of carbonyl (C=O) groups excluding carboxylic acids is 2. The summed E-state index contributed by atoms with van der Waals surface area (Å²) in [6.07, 6.45) is 2.34. The number of hydrogen-bond acceptors (Lipinski definition) is 3. The highest BCUT2D eigenvalue weighted by atomic mass is 16.2. The molecule has 25 heavy (non-hydrogen) atoms. The molecule has 5 nitrogen and oxygen atoms in total. The fourth-order valence-electron chi connectivity index (χ4n) is 3.10. The Balaban J connectivity index is 2.02. The number of nitrogens with zero attached hydrogens (tertiary/aromatic N) is 1. The van der Waals surface area contributed by atoms with Gasteiger partial charge in [0.1, 0.15) is 0 Å². The zero-order valence-electron chi connectivity index (χ0n) is 16.1. The van der Waals surface area contributed by atoms with Crippen molar-refractivity contribution in [3.05, 3.63) is 29.3 Å². The third-order valence-corrected chi connectivity index (χ3v) is 4.78. The molecule has 1 heterocycles. The van der Waals surface area contributed by atoms with E-state index in [4.69, 9.17) is 0 Å². The molecule has 2 amide bonds. The Kier molecular flexibility index (Phi) is 6.22. The largest absolute Gasteiger partial charge is 0.352 e. The van der Waals surface area contributed by atoms with E-state index in [1.54, 1.807) is 0 Å². The Bertz CT molecular complexity index is 634. The normalized spacial score (nSPS) is 18.7. The Morgan fingerprint density at radius 3 is 2.64 bits per heavy atom. The smallest absolute Gasteiger partial charge is 0.251 e. The summed E-state index contributed by atoms with van der Waals surface area (Å²) in [5, 5.41) is 5.99. The third-order valence-electron chi connectivity index (χ3n) is 4.78. The van der Waals surface area contributed by atoms with Crippen LogP contribution in [0.1, 0.15) is 49.5 Å². The number of piperidine rings is 1. The van der Waals surface area contributed by atoms with E-state index in [0.717, 1.165) is 25.1 Å². The quantitative estimate of drug-likeness (QED) is 0.882. The van der Waals surface area contributed by atoms with Crippen molar-refractivity contribution >= 4 is 17.5 Å². The number of carbonyl (C=O) groups is 2. The molecule has 2 N–H and O–H groups in total. The van der Waals surface area contributed by atoms with Crippen LogP contribution in [-0.4, -0.2) is 43.4 Å². The van der Waals surface area contributed by atoms with E-state index in [1.807, 2.05) is 45.9 Å². The number of rotatable bonds is 4.